The number of furan rings is 1. The maximum absolute atomic E-state index is 12.8. The van der Waals surface area contributed by atoms with Crippen molar-refractivity contribution in [2.75, 3.05) is 45.8 Å². The Bertz CT molecular complexity index is 597. The van der Waals surface area contributed by atoms with Crippen LogP contribution in [0.4, 0.5) is 0 Å². The molecule has 1 fully saturated rings. The summed E-state index contributed by atoms with van der Waals surface area (Å²) in [6.07, 6.45) is 0. The van der Waals surface area contributed by atoms with Gasteiger partial charge in [-0.25, -0.2) is 0 Å². The van der Waals surface area contributed by atoms with Crippen LogP contribution in [0.3, 0.4) is 0 Å². The van der Waals surface area contributed by atoms with E-state index in [9.17, 15) is 9.59 Å². The van der Waals surface area contributed by atoms with Crippen molar-refractivity contribution in [1.29, 1.82) is 0 Å². The van der Waals surface area contributed by atoms with Crippen molar-refractivity contribution in [3.05, 3.63) is 22.6 Å². The Hall–Kier alpha value is -1.82. The van der Waals surface area contributed by atoms with E-state index in [2.05, 4.69) is 4.90 Å². The summed E-state index contributed by atoms with van der Waals surface area (Å²) < 4.78 is 5.57. The zero-order valence-corrected chi connectivity index (χ0v) is 15.5. The molecule has 0 atom stereocenters. The summed E-state index contributed by atoms with van der Waals surface area (Å²) in [5.41, 5.74) is 1.62. The maximum atomic E-state index is 12.8. The van der Waals surface area contributed by atoms with Crippen molar-refractivity contribution in [2.24, 2.45) is 0 Å². The van der Waals surface area contributed by atoms with Crippen molar-refractivity contribution < 1.29 is 14.0 Å². The fourth-order valence-corrected chi connectivity index (χ4v) is 3.24. The van der Waals surface area contributed by atoms with Crippen LogP contribution in [0, 0.1) is 20.8 Å². The van der Waals surface area contributed by atoms with Crippen LogP contribution in [0.5, 0.6) is 0 Å². The SMILES string of the molecule is CCN(CC)C(=O)CN1CCN(C(=O)c2c(C)oc(C)c2C)CC1. The molecule has 134 valence electrons. The van der Waals surface area contributed by atoms with Crippen LogP contribution in [-0.4, -0.2) is 72.3 Å². The Labute approximate surface area is 144 Å². The Morgan fingerprint density at radius 3 is 2.04 bits per heavy atom. The highest BCUT2D eigenvalue weighted by molar-refractivity contribution is 5.97. The summed E-state index contributed by atoms with van der Waals surface area (Å²) >= 11 is 0. The molecule has 1 saturated heterocycles. The first-order valence-electron chi connectivity index (χ1n) is 8.75. The third-order valence-corrected chi connectivity index (χ3v) is 4.91. The van der Waals surface area contributed by atoms with E-state index in [1.54, 1.807) is 0 Å². The van der Waals surface area contributed by atoms with Gasteiger partial charge in [-0.1, -0.05) is 0 Å². The van der Waals surface area contributed by atoms with Gasteiger partial charge in [0.1, 0.15) is 11.5 Å². The van der Waals surface area contributed by atoms with Crippen LogP contribution in [0.25, 0.3) is 0 Å². The molecule has 24 heavy (non-hydrogen) atoms. The number of amides is 2. The number of aryl methyl sites for hydroxylation is 2. The maximum Gasteiger partial charge on any atom is 0.257 e. The average Bonchev–Trinajstić information content (AvgIpc) is 2.81. The minimum Gasteiger partial charge on any atom is -0.466 e. The first-order valence-corrected chi connectivity index (χ1v) is 8.75. The average molecular weight is 335 g/mol. The summed E-state index contributed by atoms with van der Waals surface area (Å²) in [6.45, 7) is 14.3. The van der Waals surface area contributed by atoms with Gasteiger partial charge in [0.05, 0.1) is 12.1 Å². The number of nitrogens with zero attached hydrogens (tertiary/aromatic N) is 3. The molecular weight excluding hydrogens is 306 g/mol. The molecule has 0 N–H and O–H groups in total. The Balaban J connectivity index is 1.93. The van der Waals surface area contributed by atoms with Gasteiger partial charge in [0, 0.05) is 44.8 Å². The minimum atomic E-state index is 0.0385. The minimum absolute atomic E-state index is 0.0385. The van der Waals surface area contributed by atoms with E-state index in [1.807, 2.05) is 44.4 Å². The number of piperazine rings is 1. The van der Waals surface area contributed by atoms with Crippen LogP contribution < -0.4 is 0 Å². The van der Waals surface area contributed by atoms with Crippen LogP contribution in [-0.2, 0) is 4.79 Å². The standard InChI is InChI=1S/C18H29N3O3/c1-6-20(7-2)16(22)12-19-8-10-21(11-9-19)18(23)17-13(3)14(4)24-15(17)5/h6-12H2,1-5H3. The number of likely N-dealkylation sites (N-methyl/N-ethyl adjacent to an activating group) is 1. The molecule has 0 radical (unpaired) electrons. The number of carbonyl (C=O) groups is 2. The molecule has 2 rings (SSSR count). The zero-order chi connectivity index (χ0) is 17.9. The summed E-state index contributed by atoms with van der Waals surface area (Å²) in [7, 11) is 0. The molecular formula is C18H29N3O3. The molecule has 1 aromatic heterocycles. The molecule has 2 amide bonds. The molecule has 0 spiro atoms. The predicted octanol–water partition coefficient (Wildman–Crippen LogP) is 1.83. The van der Waals surface area contributed by atoms with Crippen LogP contribution in [0.1, 0.15) is 41.3 Å². The highest BCUT2D eigenvalue weighted by atomic mass is 16.3. The molecule has 0 saturated carbocycles. The summed E-state index contributed by atoms with van der Waals surface area (Å²) in [5.74, 6) is 1.70. The fraction of sp³-hybridized carbons (Fsp3) is 0.667. The van der Waals surface area contributed by atoms with Gasteiger partial charge in [0.25, 0.3) is 5.91 Å². The van der Waals surface area contributed by atoms with E-state index in [0.29, 0.717) is 31.0 Å². The molecule has 0 bridgehead atoms. The van der Waals surface area contributed by atoms with Gasteiger partial charge in [-0.3, -0.25) is 14.5 Å². The Kier molecular flexibility index (Phi) is 6.04. The van der Waals surface area contributed by atoms with Crippen LogP contribution in [0.2, 0.25) is 0 Å². The topological polar surface area (TPSA) is 57.0 Å². The number of hydrogen-bond donors (Lipinski definition) is 0. The van der Waals surface area contributed by atoms with Crippen molar-refractivity contribution in [3.63, 3.8) is 0 Å². The highest BCUT2D eigenvalue weighted by Crippen LogP contribution is 2.22. The second-order valence-electron chi connectivity index (χ2n) is 6.35. The number of carbonyl (C=O) groups excluding carboxylic acids is 2. The lowest BCUT2D eigenvalue weighted by molar-refractivity contribution is -0.132. The highest BCUT2D eigenvalue weighted by Gasteiger charge is 2.27. The summed E-state index contributed by atoms with van der Waals surface area (Å²) in [5, 5.41) is 0. The predicted molar refractivity (Wildman–Crippen MR) is 93.2 cm³/mol. The summed E-state index contributed by atoms with van der Waals surface area (Å²) in [6, 6.07) is 0. The van der Waals surface area contributed by atoms with Crippen molar-refractivity contribution in [2.45, 2.75) is 34.6 Å². The summed E-state index contributed by atoms with van der Waals surface area (Å²) in [4.78, 5) is 30.8. The third-order valence-electron chi connectivity index (χ3n) is 4.91. The number of rotatable bonds is 5. The second kappa shape index (κ2) is 7.83. The lowest BCUT2D eigenvalue weighted by Gasteiger charge is -2.35. The molecule has 6 nitrogen and oxygen atoms in total. The molecule has 0 unspecified atom stereocenters. The largest absolute Gasteiger partial charge is 0.466 e. The van der Waals surface area contributed by atoms with Gasteiger partial charge in [-0.2, -0.15) is 0 Å². The lowest BCUT2D eigenvalue weighted by Crippen LogP contribution is -2.51. The first-order chi connectivity index (χ1) is 11.4. The van der Waals surface area contributed by atoms with Crippen molar-refractivity contribution >= 4 is 11.8 Å². The van der Waals surface area contributed by atoms with Crippen molar-refractivity contribution in [1.82, 2.24) is 14.7 Å². The zero-order valence-electron chi connectivity index (χ0n) is 15.5. The number of hydrogen-bond acceptors (Lipinski definition) is 4. The van der Waals surface area contributed by atoms with E-state index >= 15 is 0 Å². The molecule has 6 heteroatoms. The smallest absolute Gasteiger partial charge is 0.257 e. The molecule has 1 aliphatic rings. The van der Waals surface area contributed by atoms with E-state index in [1.165, 1.54) is 0 Å². The van der Waals surface area contributed by atoms with E-state index in [4.69, 9.17) is 4.42 Å². The van der Waals surface area contributed by atoms with E-state index in [0.717, 1.165) is 37.5 Å². The molecule has 0 aromatic carbocycles. The quantitative estimate of drug-likeness (QED) is 0.824. The van der Waals surface area contributed by atoms with E-state index < -0.39 is 0 Å². The Morgan fingerprint density at radius 1 is 1.00 bits per heavy atom. The normalized spacial score (nSPS) is 15.6. The monoisotopic (exact) mass is 335 g/mol. The first kappa shape index (κ1) is 18.5. The van der Waals surface area contributed by atoms with Gasteiger partial charge < -0.3 is 14.2 Å². The van der Waals surface area contributed by atoms with Gasteiger partial charge in [0.2, 0.25) is 5.91 Å². The third kappa shape index (κ3) is 3.80. The second-order valence-corrected chi connectivity index (χ2v) is 6.35. The molecule has 1 aliphatic heterocycles. The van der Waals surface area contributed by atoms with Crippen LogP contribution >= 0.6 is 0 Å². The fourth-order valence-electron chi connectivity index (χ4n) is 3.24. The van der Waals surface area contributed by atoms with Crippen molar-refractivity contribution in [3.8, 4) is 0 Å². The van der Waals surface area contributed by atoms with E-state index in [-0.39, 0.29) is 11.8 Å². The Morgan fingerprint density at radius 2 is 1.58 bits per heavy atom. The molecule has 1 aromatic rings. The lowest BCUT2D eigenvalue weighted by atomic mass is 10.1. The van der Waals surface area contributed by atoms with Gasteiger partial charge in [-0.05, 0) is 34.6 Å². The van der Waals surface area contributed by atoms with Crippen LogP contribution in [0.15, 0.2) is 4.42 Å². The van der Waals surface area contributed by atoms with Gasteiger partial charge in [0.15, 0.2) is 0 Å². The van der Waals surface area contributed by atoms with Gasteiger partial charge >= 0.3 is 0 Å². The van der Waals surface area contributed by atoms with Gasteiger partial charge in [-0.15, -0.1) is 0 Å². The molecule has 0 aliphatic carbocycles. The molecule has 2 heterocycles.